The van der Waals surface area contributed by atoms with Crippen molar-refractivity contribution in [3.05, 3.63) is 28.5 Å². The van der Waals surface area contributed by atoms with Crippen LogP contribution in [-0.4, -0.2) is 53.4 Å². The number of pyridine rings is 1. The second kappa shape index (κ2) is 5.59. The van der Waals surface area contributed by atoms with E-state index in [2.05, 4.69) is 25.8 Å². The van der Waals surface area contributed by atoms with E-state index in [0.717, 1.165) is 36.6 Å². The van der Waals surface area contributed by atoms with E-state index in [-0.39, 0.29) is 5.91 Å². The molecule has 5 heteroatoms. The minimum atomic E-state index is 0.0971. The first-order valence-electron chi connectivity index (χ1n) is 6.84. The topological polar surface area (TPSA) is 36.4 Å². The second-order valence-corrected chi connectivity index (χ2v) is 6.34. The van der Waals surface area contributed by atoms with Gasteiger partial charge in [0.05, 0.1) is 5.56 Å². The van der Waals surface area contributed by atoms with Gasteiger partial charge < -0.3 is 4.90 Å². The first-order chi connectivity index (χ1) is 9.22. The molecule has 0 aromatic carbocycles. The molecular weight excluding hydrogens is 306 g/mol. The number of rotatable bonds is 3. The fourth-order valence-electron chi connectivity index (χ4n) is 2.51. The van der Waals surface area contributed by atoms with Crippen LogP contribution in [0, 0.1) is 5.92 Å². The zero-order chi connectivity index (χ0) is 13.2. The third-order valence-corrected chi connectivity index (χ3v) is 4.26. The van der Waals surface area contributed by atoms with Crippen molar-refractivity contribution in [2.45, 2.75) is 12.8 Å². The molecule has 1 aliphatic carbocycles. The van der Waals surface area contributed by atoms with Gasteiger partial charge in [-0.2, -0.15) is 0 Å². The molecule has 1 aliphatic heterocycles. The molecule has 1 amide bonds. The van der Waals surface area contributed by atoms with E-state index >= 15 is 0 Å². The van der Waals surface area contributed by atoms with Crippen molar-refractivity contribution in [2.75, 3.05) is 32.7 Å². The Hall–Kier alpha value is -0.940. The molecule has 4 nitrogen and oxygen atoms in total. The lowest BCUT2D eigenvalue weighted by atomic mass is 10.2. The fourth-order valence-corrected chi connectivity index (χ4v) is 2.88. The third-order valence-electron chi connectivity index (χ3n) is 3.82. The summed E-state index contributed by atoms with van der Waals surface area (Å²) in [6.45, 7) is 4.89. The average Bonchev–Trinajstić information content (AvgIpc) is 3.23. The third kappa shape index (κ3) is 3.34. The summed E-state index contributed by atoms with van der Waals surface area (Å²) in [5.74, 6) is 1.02. The standard InChI is InChI=1S/C14H18BrN3O/c15-13-7-12(8-16-9-13)14(19)18-5-3-17(4-6-18)10-11-1-2-11/h7-9,11H,1-6,10H2. The lowest BCUT2D eigenvalue weighted by molar-refractivity contribution is 0.0631. The molecule has 0 radical (unpaired) electrons. The van der Waals surface area contributed by atoms with Crippen molar-refractivity contribution in [1.29, 1.82) is 0 Å². The number of halogens is 1. The highest BCUT2D eigenvalue weighted by Gasteiger charge is 2.27. The molecule has 1 saturated carbocycles. The molecule has 1 saturated heterocycles. The number of hydrogen-bond acceptors (Lipinski definition) is 3. The van der Waals surface area contributed by atoms with Gasteiger partial charge in [0.15, 0.2) is 0 Å². The summed E-state index contributed by atoms with van der Waals surface area (Å²) < 4.78 is 0.853. The maximum atomic E-state index is 12.3. The molecule has 1 aromatic rings. The van der Waals surface area contributed by atoms with Gasteiger partial charge in [-0.15, -0.1) is 0 Å². The molecule has 0 bridgehead atoms. The molecule has 2 aliphatic rings. The Morgan fingerprint density at radius 3 is 2.63 bits per heavy atom. The van der Waals surface area contributed by atoms with E-state index in [1.54, 1.807) is 12.4 Å². The van der Waals surface area contributed by atoms with E-state index in [9.17, 15) is 4.79 Å². The smallest absolute Gasteiger partial charge is 0.255 e. The number of aromatic nitrogens is 1. The highest BCUT2D eigenvalue weighted by Crippen LogP contribution is 2.30. The van der Waals surface area contributed by atoms with Gasteiger partial charge in [0.1, 0.15) is 0 Å². The number of amides is 1. The van der Waals surface area contributed by atoms with Gasteiger partial charge in [0, 0.05) is 49.6 Å². The lowest BCUT2D eigenvalue weighted by Gasteiger charge is -2.34. The largest absolute Gasteiger partial charge is 0.336 e. The van der Waals surface area contributed by atoms with Gasteiger partial charge in [-0.1, -0.05) is 0 Å². The second-order valence-electron chi connectivity index (χ2n) is 5.43. The number of piperazine rings is 1. The van der Waals surface area contributed by atoms with Crippen molar-refractivity contribution >= 4 is 21.8 Å². The van der Waals surface area contributed by atoms with Crippen LogP contribution in [0.3, 0.4) is 0 Å². The van der Waals surface area contributed by atoms with Crippen molar-refractivity contribution < 1.29 is 4.79 Å². The first kappa shape index (κ1) is 13.1. The molecule has 19 heavy (non-hydrogen) atoms. The summed E-state index contributed by atoms with van der Waals surface area (Å²) in [5.41, 5.74) is 0.671. The molecule has 1 aromatic heterocycles. The van der Waals surface area contributed by atoms with E-state index in [4.69, 9.17) is 0 Å². The normalized spacial score (nSPS) is 20.6. The Morgan fingerprint density at radius 2 is 2.00 bits per heavy atom. The molecule has 2 fully saturated rings. The molecule has 0 atom stereocenters. The highest BCUT2D eigenvalue weighted by molar-refractivity contribution is 9.10. The summed E-state index contributed by atoms with van der Waals surface area (Å²) in [7, 11) is 0. The SMILES string of the molecule is O=C(c1cncc(Br)c1)N1CCN(CC2CC2)CC1. The van der Waals surface area contributed by atoms with Crippen LogP contribution in [0.25, 0.3) is 0 Å². The van der Waals surface area contributed by atoms with Gasteiger partial charge in [-0.3, -0.25) is 14.7 Å². The van der Waals surface area contributed by atoms with E-state index in [1.165, 1.54) is 19.4 Å². The van der Waals surface area contributed by atoms with E-state index in [1.807, 2.05) is 11.0 Å². The van der Waals surface area contributed by atoms with Gasteiger partial charge in [-0.25, -0.2) is 0 Å². The van der Waals surface area contributed by atoms with Crippen molar-refractivity contribution in [1.82, 2.24) is 14.8 Å². The van der Waals surface area contributed by atoms with Crippen LogP contribution in [0.1, 0.15) is 23.2 Å². The molecule has 0 unspecified atom stereocenters. The maximum Gasteiger partial charge on any atom is 0.255 e. The zero-order valence-corrected chi connectivity index (χ0v) is 12.5. The summed E-state index contributed by atoms with van der Waals surface area (Å²) in [6, 6.07) is 1.84. The first-order valence-corrected chi connectivity index (χ1v) is 7.64. The minimum Gasteiger partial charge on any atom is -0.336 e. The highest BCUT2D eigenvalue weighted by atomic mass is 79.9. The fraction of sp³-hybridized carbons (Fsp3) is 0.571. The minimum absolute atomic E-state index is 0.0971. The Bertz CT molecular complexity index is 468. The van der Waals surface area contributed by atoms with Crippen LogP contribution >= 0.6 is 15.9 Å². The van der Waals surface area contributed by atoms with Gasteiger partial charge >= 0.3 is 0 Å². The number of hydrogen-bond donors (Lipinski definition) is 0. The van der Waals surface area contributed by atoms with Crippen LogP contribution in [0.5, 0.6) is 0 Å². The van der Waals surface area contributed by atoms with Gasteiger partial charge in [-0.05, 0) is 40.8 Å². The zero-order valence-electron chi connectivity index (χ0n) is 10.9. The Labute approximate surface area is 121 Å². The molecule has 3 rings (SSSR count). The van der Waals surface area contributed by atoms with Gasteiger partial charge in [0.25, 0.3) is 5.91 Å². The summed E-state index contributed by atoms with van der Waals surface area (Å²) in [4.78, 5) is 20.8. The average molecular weight is 324 g/mol. The number of carbonyl (C=O) groups is 1. The van der Waals surface area contributed by atoms with E-state index < -0.39 is 0 Å². The number of carbonyl (C=O) groups excluding carboxylic acids is 1. The molecule has 2 heterocycles. The van der Waals surface area contributed by atoms with Crippen LogP contribution < -0.4 is 0 Å². The Balaban J connectivity index is 1.56. The summed E-state index contributed by atoms with van der Waals surface area (Å²) in [5, 5.41) is 0. The van der Waals surface area contributed by atoms with Crippen molar-refractivity contribution in [3.63, 3.8) is 0 Å². The van der Waals surface area contributed by atoms with Crippen LogP contribution in [-0.2, 0) is 0 Å². The maximum absolute atomic E-state index is 12.3. The number of nitrogens with zero attached hydrogens (tertiary/aromatic N) is 3. The predicted octanol–water partition coefficient (Wildman–Crippen LogP) is 2.01. The van der Waals surface area contributed by atoms with E-state index in [0.29, 0.717) is 5.56 Å². The van der Waals surface area contributed by atoms with Crippen LogP contribution in [0.2, 0.25) is 0 Å². The van der Waals surface area contributed by atoms with Gasteiger partial charge in [0.2, 0.25) is 0 Å². The Kier molecular flexibility index (Phi) is 3.84. The van der Waals surface area contributed by atoms with Crippen molar-refractivity contribution in [2.24, 2.45) is 5.92 Å². The summed E-state index contributed by atoms with van der Waals surface area (Å²) in [6.07, 6.45) is 6.12. The molecule has 0 spiro atoms. The van der Waals surface area contributed by atoms with Crippen LogP contribution in [0.15, 0.2) is 22.9 Å². The molecule has 0 N–H and O–H groups in total. The Morgan fingerprint density at radius 1 is 1.26 bits per heavy atom. The molecular formula is C14H18BrN3O. The predicted molar refractivity (Wildman–Crippen MR) is 77.0 cm³/mol. The molecule has 102 valence electrons. The quantitative estimate of drug-likeness (QED) is 0.853. The lowest BCUT2D eigenvalue weighted by Crippen LogP contribution is -2.49. The van der Waals surface area contributed by atoms with Crippen LogP contribution in [0.4, 0.5) is 0 Å². The summed E-state index contributed by atoms with van der Waals surface area (Å²) >= 11 is 3.36. The monoisotopic (exact) mass is 323 g/mol. The van der Waals surface area contributed by atoms with Crippen molar-refractivity contribution in [3.8, 4) is 0 Å².